The van der Waals surface area contributed by atoms with Crippen LogP contribution in [0.5, 0.6) is 5.75 Å². The molecular weight excluding hydrogens is 386 g/mol. The predicted octanol–water partition coefficient (Wildman–Crippen LogP) is 2.72. The van der Waals surface area contributed by atoms with Crippen molar-refractivity contribution in [1.29, 1.82) is 0 Å². The van der Waals surface area contributed by atoms with E-state index in [0.29, 0.717) is 48.2 Å². The third kappa shape index (κ3) is 5.30. The topological polar surface area (TPSA) is 90.4 Å². The van der Waals surface area contributed by atoms with Crippen LogP contribution in [-0.2, 0) is 9.59 Å². The van der Waals surface area contributed by atoms with E-state index in [0.717, 1.165) is 38.5 Å². The second-order valence-electron chi connectivity index (χ2n) is 8.14. The van der Waals surface area contributed by atoms with Crippen molar-refractivity contribution in [2.75, 3.05) is 26.7 Å². The zero-order valence-electron chi connectivity index (χ0n) is 17.5. The van der Waals surface area contributed by atoms with Crippen LogP contribution in [0.3, 0.4) is 0 Å². The van der Waals surface area contributed by atoms with Crippen molar-refractivity contribution < 1.29 is 24.3 Å². The Balaban J connectivity index is 1.77. The number of carbonyl (C=O) groups excluding carboxylic acids is 3. The number of hydrogen-bond donors (Lipinski definition) is 1. The summed E-state index contributed by atoms with van der Waals surface area (Å²) in [6.07, 6.45) is 6.98. The minimum atomic E-state index is -0.535. The van der Waals surface area contributed by atoms with Gasteiger partial charge in [0.2, 0.25) is 12.3 Å². The van der Waals surface area contributed by atoms with Crippen LogP contribution in [0.4, 0.5) is 0 Å². The van der Waals surface area contributed by atoms with Crippen LogP contribution >= 0.6 is 0 Å². The third-order valence-electron chi connectivity index (χ3n) is 6.08. The van der Waals surface area contributed by atoms with E-state index in [1.54, 1.807) is 31.4 Å². The van der Waals surface area contributed by atoms with Gasteiger partial charge < -0.3 is 4.74 Å². The van der Waals surface area contributed by atoms with E-state index in [4.69, 9.17) is 4.74 Å². The molecular formula is C22H31N3O5. The molecule has 164 valence electrons. The molecule has 0 spiro atoms. The van der Waals surface area contributed by atoms with Crippen molar-refractivity contribution in [3.63, 3.8) is 0 Å². The SMILES string of the molecule is COc1ccc(C(=O)N2CCCCN2C(=O)[C@H](CC2CCCC2)CN(O)C=O)cc1. The van der Waals surface area contributed by atoms with Gasteiger partial charge in [-0.2, -0.15) is 0 Å². The van der Waals surface area contributed by atoms with Gasteiger partial charge in [0, 0.05) is 18.7 Å². The molecule has 1 N–H and O–H groups in total. The molecule has 1 saturated carbocycles. The zero-order valence-corrected chi connectivity index (χ0v) is 17.5. The highest BCUT2D eigenvalue weighted by atomic mass is 16.5. The fourth-order valence-corrected chi connectivity index (χ4v) is 4.47. The lowest BCUT2D eigenvalue weighted by molar-refractivity contribution is -0.164. The number of methoxy groups -OCH3 is 1. The highest BCUT2D eigenvalue weighted by Crippen LogP contribution is 2.32. The maximum Gasteiger partial charge on any atom is 0.272 e. The van der Waals surface area contributed by atoms with Gasteiger partial charge in [-0.1, -0.05) is 25.7 Å². The molecule has 1 aromatic carbocycles. The Kier molecular flexibility index (Phi) is 7.68. The largest absolute Gasteiger partial charge is 0.497 e. The first-order valence-corrected chi connectivity index (χ1v) is 10.7. The maximum absolute atomic E-state index is 13.4. The molecule has 0 bridgehead atoms. The predicted molar refractivity (Wildman–Crippen MR) is 110 cm³/mol. The molecule has 1 saturated heterocycles. The van der Waals surface area contributed by atoms with Gasteiger partial charge >= 0.3 is 0 Å². The number of hydrogen-bond acceptors (Lipinski definition) is 5. The molecule has 8 nitrogen and oxygen atoms in total. The van der Waals surface area contributed by atoms with Gasteiger partial charge in [0.05, 0.1) is 19.6 Å². The lowest BCUT2D eigenvalue weighted by atomic mass is 9.92. The molecule has 3 rings (SSSR count). The van der Waals surface area contributed by atoms with Gasteiger partial charge in [0.1, 0.15) is 5.75 Å². The highest BCUT2D eigenvalue weighted by Gasteiger charge is 2.35. The van der Waals surface area contributed by atoms with Crippen LogP contribution in [0.15, 0.2) is 24.3 Å². The summed E-state index contributed by atoms with van der Waals surface area (Å²) in [6.45, 7) is 0.859. The first-order chi connectivity index (χ1) is 14.5. The standard InChI is InChI=1S/C22H31N3O5/c1-30-20-10-8-18(9-11-20)21(27)24-12-4-5-13-25(24)22(28)19(15-23(29)16-26)14-17-6-2-3-7-17/h8-11,16-17,19,29H,2-7,12-15H2,1H3/t19-/m1/s1. The van der Waals surface area contributed by atoms with Gasteiger partial charge in [0.25, 0.3) is 5.91 Å². The Morgan fingerprint density at radius 1 is 1.13 bits per heavy atom. The average Bonchev–Trinajstić information content (AvgIpc) is 3.30. The lowest BCUT2D eigenvalue weighted by Crippen LogP contribution is -2.55. The summed E-state index contributed by atoms with van der Waals surface area (Å²) >= 11 is 0. The molecule has 0 radical (unpaired) electrons. The summed E-state index contributed by atoms with van der Waals surface area (Å²) in [5.41, 5.74) is 0.486. The van der Waals surface area contributed by atoms with Crippen molar-refractivity contribution in [1.82, 2.24) is 15.1 Å². The molecule has 1 aromatic rings. The molecule has 3 amide bonds. The summed E-state index contributed by atoms with van der Waals surface area (Å²) in [5, 5.41) is 13.3. The molecule has 1 heterocycles. The monoisotopic (exact) mass is 417 g/mol. The zero-order chi connectivity index (χ0) is 21.5. The van der Waals surface area contributed by atoms with Crippen LogP contribution in [0.1, 0.15) is 55.3 Å². The molecule has 8 heteroatoms. The Bertz CT molecular complexity index is 733. The van der Waals surface area contributed by atoms with Crippen molar-refractivity contribution in [3.05, 3.63) is 29.8 Å². The summed E-state index contributed by atoms with van der Waals surface area (Å²) in [4.78, 5) is 37.5. The highest BCUT2D eigenvalue weighted by molar-refractivity contribution is 5.95. The van der Waals surface area contributed by atoms with Crippen LogP contribution in [0.25, 0.3) is 0 Å². The van der Waals surface area contributed by atoms with Crippen molar-refractivity contribution in [2.24, 2.45) is 11.8 Å². The Labute approximate surface area is 177 Å². The van der Waals surface area contributed by atoms with Gasteiger partial charge in [0.15, 0.2) is 0 Å². The molecule has 2 aliphatic rings. The summed E-state index contributed by atoms with van der Waals surface area (Å²) in [7, 11) is 1.57. The molecule has 30 heavy (non-hydrogen) atoms. The number of hydrazine groups is 1. The fourth-order valence-electron chi connectivity index (χ4n) is 4.47. The van der Waals surface area contributed by atoms with Crippen LogP contribution in [-0.4, -0.2) is 65.3 Å². The van der Waals surface area contributed by atoms with E-state index in [1.165, 1.54) is 10.0 Å². The molecule has 1 aliphatic carbocycles. The molecule has 1 aliphatic heterocycles. The first-order valence-electron chi connectivity index (χ1n) is 10.7. The quantitative estimate of drug-likeness (QED) is 0.399. The van der Waals surface area contributed by atoms with Gasteiger partial charge in [-0.25, -0.2) is 10.1 Å². The summed E-state index contributed by atoms with van der Waals surface area (Å²) < 4.78 is 5.15. The minimum absolute atomic E-state index is 0.0557. The number of hydroxylamine groups is 2. The smallest absolute Gasteiger partial charge is 0.272 e. The normalized spacial score (nSPS) is 18.2. The Morgan fingerprint density at radius 2 is 1.77 bits per heavy atom. The number of nitrogens with zero attached hydrogens (tertiary/aromatic N) is 3. The van der Waals surface area contributed by atoms with Gasteiger partial charge in [-0.15, -0.1) is 0 Å². The van der Waals surface area contributed by atoms with Crippen molar-refractivity contribution >= 4 is 18.2 Å². The van der Waals surface area contributed by atoms with Gasteiger partial charge in [-0.05, 0) is 49.4 Å². The maximum atomic E-state index is 13.4. The van der Waals surface area contributed by atoms with Crippen LogP contribution in [0.2, 0.25) is 0 Å². The first kappa shape index (κ1) is 22.1. The summed E-state index contributed by atoms with van der Waals surface area (Å²) in [6, 6.07) is 6.83. The average molecular weight is 418 g/mol. The van der Waals surface area contributed by atoms with E-state index >= 15 is 0 Å². The number of carbonyl (C=O) groups is 3. The number of amides is 3. The molecule has 2 fully saturated rings. The van der Waals surface area contributed by atoms with Crippen molar-refractivity contribution in [3.8, 4) is 5.75 Å². The van der Waals surface area contributed by atoms with E-state index < -0.39 is 5.92 Å². The fraction of sp³-hybridized carbons (Fsp3) is 0.591. The van der Waals surface area contributed by atoms with Crippen LogP contribution < -0.4 is 4.74 Å². The van der Waals surface area contributed by atoms with E-state index in [-0.39, 0.29) is 18.4 Å². The van der Waals surface area contributed by atoms with E-state index in [1.807, 2.05) is 0 Å². The second kappa shape index (κ2) is 10.4. The minimum Gasteiger partial charge on any atom is -0.497 e. The molecule has 1 atom stereocenters. The molecule has 0 unspecified atom stereocenters. The summed E-state index contributed by atoms with van der Waals surface area (Å²) in [5.74, 6) is 0.0969. The van der Waals surface area contributed by atoms with E-state index in [9.17, 15) is 19.6 Å². The van der Waals surface area contributed by atoms with Crippen LogP contribution in [0, 0.1) is 11.8 Å². The second-order valence-corrected chi connectivity index (χ2v) is 8.14. The Hall–Kier alpha value is -2.61. The van der Waals surface area contributed by atoms with E-state index in [2.05, 4.69) is 0 Å². The Morgan fingerprint density at radius 3 is 2.37 bits per heavy atom. The van der Waals surface area contributed by atoms with Crippen molar-refractivity contribution in [2.45, 2.75) is 44.9 Å². The van der Waals surface area contributed by atoms with Gasteiger partial charge in [-0.3, -0.25) is 24.6 Å². The number of benzene rings is 1. The number of ether oxygens (including phenoxy) is 1. The lowest BCUT2D eigenvalue weighted by Gasteiger charge is -2.40. The third-order valence-corrected chi connectivity index (χ3v) is 6.08. The number of rotatable bonds is 8. The molecule has 0 aromatic heterocycles.